The molecular weight excluding hydrogens is 328 g/mol. The van der Waals surface area contributed by atoms with Crippen molar-refractivity contribution in [3.05, 3.63) is 0 Å². The van der Waals surface area contributed by atoms with Crippen LogP contribution in [0.1, 0.15) is 48.5 Å². The molecule has 0 amide bonds. The Morgan fingerprint density at radius 3 is 1.14 bits per heavy atom. The van der Waals surface area contributed by atoms with Crippen LogP contribution in [0.2, 0.25) is 0 Å². The summed E-state index contributed by atoms with van der Waals surface area (Å²) in [7, 11) is 9.79. The Morgan fingerprint density at radius 1 is 0.929 bits per heavy atom. The van der Waals surface area contributed by atoms with Crippen LogP contribution in [-0.2, 0) is 15.9 Å². The normalized spacial score (nSPS) is 12.7. The van der Waals surface area contributed by atoms with E-state index in [1.165, 1.54) is 6.16 Å². The molecule has 0 aromatic rings. The molecule has 4 heteroatoms. The molecule has 0 saturated heterocycles. The maximum absolute atomic E-state index is 4.81. The fourth-order valence-electron chi connectivity index (χ4n) is 1.95. The zero-order valence-corrected chi connectivity index (χ0v) is 14.2. The predicted molar refractivity (Wildman–Crippen MR) is 68.7 cm³/mol. The van der Waals surface area contributed by atoms with Crippen molar-refractivity contribution in [3.8, 4) is 0 Å². The Balaban J connectivity index is 0. The van der Waals surface area contributed by atoms with E-state index in [0.29, 0.717) is 10.3 Å². The molecule has 0 aromatic heterocycles. The summed E-state index contributed by atoms with van der Waals surface area (Å²) in [5.74, 6) is 0. The summed E-state index contributed by atoms with van der Waals surface area (Å²) >= 11 is -0.106. The van der Waals surface area contributed by atoms with Gasteiger partial charge in [0, 0.05) is 0 Å². The van der Waals surface area contributed by atoms with Crippen LogP contribution in [-0.4, -0.2) is 16.5 Å². The molecule has 0 aliphatic carbocycles. The van der Waals surface area contributed by atoms with Crippen molar-refractivity contribution in [2.45, 2.75) is 58.8 Å². The van der Waals surface area contributed by atoms with Gasteiger partial charge in [-0.15, -0.1) is 0 Å². The molecule has 0 atom stereocenters. The second-order valence-corrected chi connectivity index (χ2v) is 11.7. The van der Waals surface area contributed by atoms with Crippen LogP contribution in [0.25, 0.3) is 0 Å². The van der Waals surface area contributed by atoms with E-state index in [0.717, 1.165) is 0 Å². The first kappa shape index (κ1) is 18.0. The SMILES string of the molecule is CCP(C(C)(C)C)C(C)(C)C.[Cl][Pd][Cl]. The summed E-state index contributed by atoms with van der Waals surface area (Å²) in [6, 6.07) is 0. The third-order valence-electron chi connectivity index (χ3n) is 1.94. The number of rotatable bonds is 1. The van der Waals surface area contributed by atoms with E-state index < -0.39 is 0 Å². The number of halogens is 2. The Hall–Kier alpha value is 1.67. The molecule has 0 rings (SSSR count). The van der Waals surface area contributed by atoms with Crippen LogP contribution in [0.4, 0.5) is 0 Å². The van der Waals surface area contributed by atoms with E-state index in [1.54, 1.807) is 0 Å². The van der Waals surface area contributed by atoms with Gasteiger partial charge in [0.15, 0.2) is 0 Å². The topological polar surface area (TPSA) is 0 Å². The van der Waals surface area contributed by atoms with Crippen LogP contribution in [0.15, 0.2) is 0 Å². The van der Waals surface area contributed by atoms with Gasteiger partial charge in [-0.2, -0.15) is 0 Å². The molecule has 0 heterocycles. The molecule has 0 radical (unpaired) electrons. The number of hydrogen-bond acceptors (Lipinski definition) is 0. The predicted octanol–water partition coefficient (Wildman–Crippen LogP) is 5.46. The second-order valence-electron chi connectivity index (χ2n) is 5.13. The molecule has 0 bridgehead atoms. The molecule has 0 unspecified atom stereocenters. The molecule has 0 aromatic carbocycles. The van der Waals surface area contributed by atoms with Crippen molar-refractivity contribution in [3.63, 3.8) is 0 Å². The summed E-state index contributed by atoms with van der Waals surface area (Å²) < 4.78 is 0. The molecule has 0 aliphatic heterocycles. The van der Waals surface area contributed by atoms with Crippen molar-refractivity contribution in [2.75, 3.05) is 6.16 Å². The summed E-state index contributed by atoms with van der Waals surface area (Å²) in [4.78, 5) is 0. The summed E-state index contributed by atoms with van der Waals surface area (Å²) in [6.07, 6.45) is 1.35. The molecule has 0 aliphatic rings. The van der Waals surface area contributed by atoms with E-state index >= 15 is 0 Å². The third kappa shape index (κ3) is 8.94. The monoisotopic (exact) mass is 350 g/mol. The molecule has 0 saturated carbocycles. The van der Waals surface area contributed by atoms with Crippen LogP contribution < -0.4 is 0 Å². The van der Waals surface area contributed by atoms with E-state index in [1.807, 2.05) is 0 Å². The van der Waals surface area contributed by atoms with Crippen LogP contribution in [0, 0.1) is 0 Å². The molecule has 92 valence electrons. The zero-order chi connectivity index (χ0) is 12.0. The van der Waals surface area contributed by atoms with Gasteiger partial charge < -0.3 is 0 Å². The van der Waals surface area contributed by atoms with E-state index in [2.05, 4.69) is 48.5 Å². The zero-order valence-electron chi connectivity index (χ0n) is 10.2. The number of hydrogen-bond donors (Lipinski definition) is 0. The van der Waals surface area contributed by atoms with Gasteiger partial charge in [0.1, 0.15) is 0 Å². The third-order valence-corrected chi connectivity index (χ3v) is 5.81. The molecule has 0 spiro atoms. The Kier molecular flexibility index (Phi) is 10.1. The standard InChI is InChI=1S/C10H23P.2ClH.Pd/c1-8-11(9(2,3)4)10(5,6)7;;;/h8H2,1-7H3;2*1H;/q;;;+2/p-2. The Morgan fingerprint density at radius 2 is 1.14 bits per heavy atom. The van der Waals surface area contributed by atoms with Gasteiger partial charge in [0.2, 0.25) is 0 Å². The van der Waals surface area contributed by atoms with Crippen molar-refractivity contribution >= 4 is 27.0 Å². The van der Waals surface area contributed by atoms with Gasteiger partial charge in [-0.25, -0.2) is 0 Å². The summed E-state index contributed by atoms with van der Waals surface area (Å²) in [5.41, 5.74) is 0. The minimum absolute atomic E-state index is 0.106. The summed E-state index contributed by atoms with van der Waals surface area (Å²) in [6.45, 7) is 16.5. The first-order chi connectivity index (χ1) is 6.11. The molecule has 0 N–H and O–H groups in total. The average Bonchev–Trinajstić information content (AvgIpc) is 1.82. The Labute approximate surface area is 107 Å². The van der Waals surface area contributed by atoms with Crippen molar-refractivity contribution in [1.29, 1.82) is 0 Å². The molecule has 0 fully saturated rings. The van der Waals surface area contributed by atoms with Gasteiger partial charge in [0.25, 0.3) is 0 Å². The molecule has 14 heavy (non-hydrogen) atoms. The van der Waals surface area contributed by atoms with E-state index in [4.69, 9.17) is 19.1 Å². The molecule has 0 nitrogen and oxygen atoms in total. The van der Waals surface area contributed by atoms with Gasteiger partial charge in [-0.05, 0) is 16.5 Å². The Bertz CT molecular complexity index is 124. The van der Waals surface area contributed by atoms with Gasteiger partial charge in [-0.3, -0.25) is 0 Å². The summed E-state index contributed by atoms with van der Waals surface area (Å²) in [5, 5.41) is 1.03. The van der Waals surface area contributed by atoms with Crippen LogP contribution in [0.5, 0.6) is 0 Å². The molecular formula is C10H23Cl2PPd. The average molecular weight is 352 g/mol. The van der Waals surface area contributed by atoms with Gasteiger partial charge >= 0.3 is 35.0 Å². The van der Waals surface area contributed by atoms with Crippen molar-refractivity contribution in [1.82, 2.24) is 0 Å². The fraction of sp³-hybridized carbons (Fsp3) is 1.00. The van der Waals surface area contributed by atoms with E-state index in [-0.39, 0.29) is 23.9 Å². The first-order valence-electron chi connectivity index (χ1n) is 4.71. The van der Waals surface area contributed by atoms with Crippen LogP contribution in [0.3, 0.4) is 0 Å². The second kappa shape index (κ2) is 7.87. The van der Waals surface area contributed by atoms with E-state index in [9.17, 15) is 0 Å². The minimum atomic E-state index is -0.106. The van der Waals surface area contributed by atoms with Gasteiger partial charge in [-0.1, -0.05) is 56.4 Å². The quantitative estimate of drug-likeness (QED) is 0.434. The first-order valence-corrected chi connectivity index (χ1v) is 10.2. The van der Waals surface area contributed by atoms with Crippen molar-refractivity contribution in [2.24, 2.45) is 0 Å². The van der Waals surface area contributed by atoms with Gasteiger partial charge in [0.05, 0.1) is 0 Å². The van der Waals surface area contributed by atoms with Crippen LogP contribution >= 0.6 is 27.0 Å². The van der Waals surface area contributed by atoms with Crippen molar-refractivity contribution < 1.29 is 15.9 Å². The fourth-order valence-corrected chi connectivity index (χ4v) is 5.86. The maximum atomic E-state index is 4.81.